The zero-order valence-corrected chi connectivity index (χ0v) is 21.2. The number of allylic oxidation sites excluding steroid dienone is 1. The number of aliphatic imine (C=N–C) groups is 2. The van der Waals surface area contributed by atoms with Gasteiger partial charge in [0.25, 0.3) is 5.91 Å². The van der Waals surface area contributed by atoms with Crippen LogP contribution in [0.5, 0.6) is 0 Å². The zero-order valence-electron chi connectivity index (χ0n) is 20.4. The van der Waals surface area contributed by atoms with Crippen LogP contribution >= 0.6 is 11.6 Å². The molecule has 3 heterocycles. The molecule has 2 N–H and O–H groups in total. The fourth-order valence-electron chi connectivity index (χ4n) is 4.27. The molecule has 1 amide bonds. The second-order valence-electron chi connectivity index (χ2n) is 8.66. The van der Waals surface area contributed by atoms with Crippen molar-refractivity contribution in [2.75, 3.05) is 26.3 Å². The lowest BCUT2D eigenvalue weighted by Gasteiger charge is -2.30. The van der Waals surface area contributed by atoms with E-state index in [4.69, 9.17) is 26.2 Å². The fourth-order valence-corrected chi connectivity index (χ4v) is 4.56. The Morgan fingerprint density at radius 3 is 2.80 bits per heavy atom. The highest BCUT2D eigenvalue weighted by Gasteiger charge is 2.31. The highest BCUT2D eigenvalue weighted by molar-refractivity contribution is 6.37. The summed E-state index contributed by atoms with van der Waals surface area (Å²) >= 11 is 6.64. The molecular formula is C26H32ClN5O3. The molecule has 186 valence electrons. The van der Waals surface area contributed by atoms with E-state index in [-0.39, 0.29) is 12.1 Å². The first-order chi connectivity index (χ1) is 16.9. The molecule has 0 radical (unpaired) electrons. The first-order valence-corrected chi connectivity index (χ1v) is 12.4. The molecule has 3 aliphatic rings. The molecule has 0 aliphatic carbocycles. The summed E-state index contributed by atoms with van der Waals surface area (Å²) in [7, 11) is 0. The van der Waals surface area contributed by atoms with Crippen molar-refractivity contribution in [2.24, 2.45) is 15.9 Å². The number of amides is 1. The number of carbonyl (C=O) groups is 1. The maximum Gasteiger partial charge on any atom is 0.260 e. The van der Waals surface area contributed by atoms with Crippen LogP contribution in [-0.2, 0) is 14.4 Å². The molecular weight excluding hydrogens is 466 g/mol. The third-order valence-electron chi connectivity index (χ3n) is 6.26. The van der Waals surface area contributed by atoms with Crippen molar-refractivity contribution in [1.29, 1.82) is 0 Å². The lowest BCUT2D eigenvalue weighted by molar-refractivity contribution is -0.121. The number of hydrogen-bond acceptors (Lipinski definition) is 7. The van der Waals surface area contributed by atoms with E-state index in [2.05, 4.69) is 22.4 Å². The van der Waals surface area contributed by atoms with Crippen LogP contribution < -0.4 is 10.8 Å². The van der Waals surface area contributed by atoms with Crippen LogP contribution in [-0.4, -0.2) is 55.0 Å². The van der Waals surface area contributed by atoms with Crippen LogP contribution in [0.4, 0.5) is 0 Å². The lowest BCUT2D eigenvalue weighted by Crippen LogP contribution is -2.41. The number of nitrogens with zero attached hydrogens (tertiary/aromatic N) is 3. The van der Waals surface area contributed by atoms with Gasteiger partial charge >= 0.3 is 0 Å². The second kappa shape index (κ2) is 11.2. The highest BCUT2D eigenvalue weighted by atomic mass is 35.5. The molecule has 0 bridgehead atoms. The number of hydrogen-bond donors (Lipinski definition) is 2. The Morgan fingerprint density at radius 1 is 1.40 bits per heavy atom. The van der Waals surface area contributed by atoms with Crippen LogP contribution in [0.2, 0.25) is 5.02 Å². The molecule has 3 aliphatic heterocycles. The van der Waals surface area contributed by atoms with Gasteiger partial charge in [0.2, 0.25) is 0 Å². The normalized spacial score (nSPS) is 23.4. The maximum absolute atomic E-state index is 13.5. The number of amidine groups is 2. The van der Waals surface area contributed by atoms with E-state index in [1.54, 1.807) is 11.0 Å². The number of nitrogens with one attached hydrogen (secondary N) is 2. The molecule has 0 spiro atoms. The van der Waals surface area contributed by atoms with Crippen molar-refractivity contribution in [3.8, 4) is 0 Å². The van der Waals surface area contributed by atoms with Crippen molar-refractivity contribution in [3.63, 3.8) is 0 Å². The molecule has 1 aromatic carbocycles. The largest absolute Gasteiger partial charge is 0.381 e. The average Bonchev–Trinajstić information content (AvgIpc) is 3.30. The minimum absolute atomic E-state index is 0.156. The summed E-state index contributed by atoms with van der Waals surface area (Å²) in [6, 6.07) is 5.50. The smallest absolute Gasteiger partial charge is 0.260 e. The average molecular weight is 498 g/mol. The van der Waals surface area contributed by atoms with E-state index in [0.717, 1.165) is 43.7 Å². The van der Waals surface area contributed by atoms with Crippen LogP contribution in [0.25, 0.3) is 5.57 Å². The van der Waals surface area contributed by atoms with E-state index >= 15 is 0 Å². The van der Waals surface area contributed by atoms with Crippen LogP contribution in [0, 0.1) is 5.92 Å². The third kappa shape index (κ3) is 5.66. The van der Waals surface area contributed by atoms with Gasteiger partial charge in [-0.15, -0.1) is 0 Å². The van der Waals surface area contributed by atoms with Gasteiger partial charge in [-0.3, -0.25) is 9.69 Å². The molecule has 1 aromatic rings. The van der Waals surface area contributed by atoms with Crippen molar-refractivity contribution in [1.82, 2.24) is 15.7 Å². The molecule has 4 rings (SSSR count). The third-order valence-corrected chi connectivity index (χ3v) is 6.58. The van der Waals surface area contributed by atoms with Gasteiger partial charge in [0, 0.05) is 53.6 Å². The predicted octanol–water partition coefficient (Wildman–Crippen LogP) is 4.05. The highest BCUT2D eigenvalue weighted by Crippen LogP contribution is 2.32. The predicted molar refractivity (Wildman–Crippen MR) is 139 cm³/mol. The van der Waals surface area contributed by atoms with Crippen molar-refractivity contribution >= 4 is 34.8 Å². The van der Waals surface area contributed by atoms with Gasteiger partial charge < -0.3 is 10.1 Å². The second-order valence-corrected chi connectivity index (χ2v) is 9.07. The van der Waals surface area contributed by atoms with Crippen LogP contribution in [0.15, 0.2) is 58.3 Å². The molecule has 1 saturated heterocycles. The Balaban J connectivity index is 1.58. The lowest BCUT2D eigenvalue weighted by atomic mass is 9.95. The van der Waals surface area contributed by atoms with Crippen LogP contribution in [0.1, 0.15) is 44.7 Å². The summed E-state index contributed by atoms with van der Waals surface area (Å²) in [4.78, 5) is 29.5. The minimum atomic E-state index is -0.264. The number of benzene rings is 1. The summed E-state index contributed by atoms with van der Waals surface area (Å²) < 4.78 is 5.43. The van der Waals surface area contributed by atoms with E-state index in [1.165, 1.54) is 0 Å². The standard InChI is InChI=1S/C26H32ClN5O3/c1-5-19-13-22(21-8-7-20(14-23(21)27)24-30-17(4)35-31-24)26(33)32(6-2)25(19)29-16(3)28-15-18-9-11-34-12-10-18/h5,7-8,13-14,17-18,28H,3,6,9-12,15H2,1-2,4H3,(H,30,31)/b19-5-,29-25+. The van der Waals surface area contributed by atoms with Crippen molar-refractivity contribution in [2.45, 2.75) is 39.8 Å². The number of rotatable bonds is 7. The molecule has 0 saturated carbocycles. The molecule has 1 unspecified atom stereocenters. The molecule has 1 fully saturated rings. The van der Waals surface area contributed by atoms with Gasteiger partial charge in [0.1, 0.15) is 11.7 Å². The SMILES string of the molecule is C=C(/N=C1\C(=C/C)C=C(c2ccc(C3=NC(C)ON3)cc2Cl)C(=O)N1CC)NCC1CCOCC1. The fraction of sp³-hybridized carbons (Fsp3) is 0.423. The maximum atomic E-state index is 13.5. The van der Waals surface area contributed by atoms with Crippen molar-refractivity contribution in [3.05, 3.63) is 64.5 Å². The number of halogens is 1. The Morgan fingerprint density at radius 2 is 2.17 bits per heavy atom. The Kier molecular flexibility index (Phi) is 8.05. The first-order valence-electron chi connectivity index (χ1n) is 12.0. The number of ether oxygens (including phenoxy) is 1. The van der Waals surface area contributed by atoms with Gasteiger partial charge in [0.05, 0.1) is 0 Å². The summed E-state index contributed by atoms with van der Waals surface area (Å²) in [5.74, 6) is 2.11. The number of likely N-dealkylation sites (N-methyl/N-ethyl adjacent to an activating group) is 1. The Hall–Kier alpha value is -2.94. The first kappa shape index (κ1) is 25.2. The quantitative estimate of drug-likeness (QED) is 0.593. The topological polar surface area (TPSA) is 87.6 Å². The molecule has 1 atom stereocenters. The number of hydroxylamine groups is 1. The summed E-state index contributed by atoms with van der Waals surface area (Å²) in [6.45, 7) is 12.6. The van der Waals surface area contributed by atoms with E-state index < -0.39 is 0 Å². The van der Waals surface area contributed by atoms with Gasteiger partial charge in [-0.25, -0.2) is 20.3 Å². The van der Waals surface area contributed by atoms with Gasteiger partial charge in [0.15, 0.2) is 12.1 Å². The Bertz CT molecular complexity index is 1120. The summed E-state index contributed by atoms with van der Waals surface area (Å²) in [6.07, 6.45) is 5.57. The van der Waals surface area contributed by atoms with E-state index in [1.807, 2.05) is 45.1 Å². The summed E-state index contributed by atoms with van der Waals surface area (Å²) in [5.41, 5.74) is 5.60. The van der Waals surface area contributed by atoms with E-state index in [9.17, 15) is 4.79 Å². The van der Waals surface area contributed by atoms with Crippen molar-refractivity contribution < 1.29 is 14.4 Å². The monoisotopic (exact) mass is 497 g/mol. The molecule has 9 heteroatoms. The molecule has 35 heavy (non-hydrogen) atoms. The van der Waals surface area contributed by atoms with E-state index in [0.29, 0.717) is 46.1 Å². The summed E-state index contributed by atoms with van der Waals surface area (Å²) in [5, 5.41) is 3.78. The zero-order chi connectivity index (χ0) is 24.9. The Labute approximate surface area is 211 Å². The van der Waals surface area contributed by atoms with Gasteiger partial charge in [-0.2, -0.15) is 0 Å². The molecule has 0 aromatic heterocycles. The molecule has 8 nitrogen and oxygen atoms in total. The van der Waals surface area contributed by atoms with Gasteiger partial charge in [-0.1, -0.05) is 36.4 Å². The van der Waals surface area contributed by atoms with Gasteiger partial charge in [-0.05, 0) is 51.7 Å². The minimum Gasteiger partial charge on any atom is -0.381 e. The number of carbonyl (C=O) groups excluding carboxylic acids is 1. The van der Waals surface area contributed by atoms with Crippen LogP contribution in [0.3, 0.4) is 0 Å².